The summed E-state index contributed by atoms with van der Waals surface area (Å²) in [7, 11) is 0. The molecular formula is C21H18N6O2S. The van der Waals surface area contributed by atoms with Crippen molar-refractivity contribution in [1.29, 1.82) is 0 Å². The van der Waals surface area contributed by atoms with Crippen LogP contribution < -0.4 is 10.9 Å². The second-order valence-electron chi connectivity index (χ2n) is 6.51. The third-order valence-corrected chi connectivity index (χ3v) is 4.91. The van der Waals surface area contributed by atoms with E-state index in [1.807, 2.05) is 6.07 Å². The van der Waals surface area contributed by atoms with E-state index in [1.165, 1.54) is 4.57 Å². The number of rotatable bonds is 6. The minimum Gasteiger partial charge on any atom is -0.348 e. The molecule has 0 spiro atoms. The first kappa shape index (κ1) is 19.5. The molecule has 150 valence electrons. The van der Waals surface area contributed by atoms with Crippen molar-refractivity contribution < 1.29 is 4.79 Å². The molecule has 1 aromatic carbocycles. The summed E-state index contributed by atoms with van der Waals surface area (Å²) in [5.41, 5.74) is 1.53. The summed E-state index contributed by atoms with van der Waals surface area (Å²) in [6.45, 7) is 4.23. The van der Waals surface area contributed by atoms with Crippen LogP contribution in [0.5, 0.6) is 0 Å². The molecule has 0 saturated carbocycles. The molecule has 0 aliphatic carbocycles. The maximum atomic E-state index is 12.7. The molecule has 3 heterocycles. The molecule has 8 nitrogen and oxygen atoms in total. The molecule has 3 aromatic heterocycles. The van der Waals surface area contributed by atoms with Crippen LogP contribution in [0.3, 0.4) is 0 Å². The molecule has 0 bridgehead atoms. The number of allylic oxidation sites excluding steroid dienone is 1. The van der Waals surface area contributed by atoms with E-state index < -0.39 is 0 Å². The smallest absolute Gasteiger partial charge is 0.262 e. The van der Waals surface area contributed by atoms with Gasteiger partial charge in [-0.25, -0.2) is 9.67 Å². The van der Waals surface area contributed by atoms with E-state index in [0.717, 1.165) is 5.56 Å². The van der Waals surface area contributed by atoms with Gasteiger partial charge in [0.2, 0.25) is 0 Å². The average molecular weight is 418 g/mol. The zero-order valence-corrected chi connectivity index (χ0v) is 16.7. The van der Waals surface area contributed by atoms with Gasteiger partial charge in [-0.2, -0.15) is 5.10 Å². The summed E-state index contributed by atoms with van der Waals surface area (Å²) in [6.07, 6.45) is 6.74. The maximum absolute atomic E-state index is 12.7. The predicted octanol–water partition coefficient (Wildman–Crippen LogP) is 2.76. The standard InChI is InChI=1S/C21H18N6O2S/c1-2-10-26-20(29)16-7-6-14(12-17(16)25-21(26)30)19(28)23-13-15-5-3-8-22-18(15)27-11-4-9-24-27/h2-9,11-12H,1,10,13H2,(H,23,28)(H,25,30). The van der Waals surface area contributed by atoms with Gasteiger partial charge in [-0.1, -0.05) is 12.1 Å². The van der Waals surface area contributed by atoms with E-state index in [2.05, 4.69) is 27.0 Å². The highest BCUT2D eigenvalue weighted by Crippen LogP contribution is 2.13. The summed E-state index contributed by atoms with van der Waals surface area (Å²) >= 11 is 5.25. The van der Waals surface area contributed by atoms with E-state index in [1.54, 1.807) is 59.7 Å². The van der Waals surface area contributed by atoms with Crippen LogP contribution in [0.4, 0.5) is 0 Å². The van der Waals surface area contributed by atoms with E-state index in [4.69, 9.17) is 12.2 Å². The predicted molar refractivity (Wildman–Crippen MR) is 116 cm³/mol. The molecule has 0 aliphatic rings. The van der Waals surface area contributed by atoms with Crippen LogP contribution in [0.25, 0.3) is 16.7 Å². The zero-order valence-electron chi connectivity index (χ0n) is 15.9. The number of amides is 1. The molecule has 4 aromatic rings. The lowest BCUT2D eigenvalue weighted by Gasteiger charge is -2.10. The van der Waals surface area contributed by atoms with Gasteiger partial charge in [0.05, 0.1) is 10.9 Å². The Labute approximate surface area is 176 Å². The van der Waals surface area contributed by atoms with Crippen LogP contribution in [0.2, 0.25) is 0 Å². The number of benzene rings is 1. The van der Waals surface area contributed by atoms with E-state index >= 15 is 0 Å². The molecule has 0 aliphatic heterocycles. The second kappa shape index (κ2) is 8.26. The Bertz CT molecular complexity index is 1350. The molecule has 0 unspecified atom stereocenters. The lowest BCUT2D eigenvalue weighted by molar-refractivity contribution is 0.0951. The third kappa shape index (κ3) is 3.70. The Morgan fingerprint density at radius 3 is 2.90 bits per heavy atom. The number of aromatic amines is 1. The van der Waals surface area contributed by atoms with Crippen molar-refractivity contribution in [3.8, 4) is 5.82 Å². The summed E-state index contributed by atoms with van der Waals surface area (Å²) in [5.74, 6) is 0.370. The number of hydrogen-bond acceptors (Lipinski definition) is 5. The molecule has 0 saturated heterocycles. The molecule has 9 heteroatoms. The fourth-order valence-corrected chi connectivity index (χ4v) is 3.40. The largest absolute Gasteiger partial charge is 0.348 e. The molecule has 2 N–H and O–H groups in total. The Morgan fingerprint density at radius 1 is 1.27 bits per heavy atom. The summed E-state index contributed by atoms with van der Waals surface area (Å²) in [5, 5.41) is 7.53. The molecule has 0 fully saturated rings. The van der Waals surface area contributed by atoms with Crippen molar-refractivity contribution in [3.05, 3.63) is 93.9 Å². The monoisotopic (exact) mass is 418 g/mol. The number of H-pyrrole nitrogens is 1. The van der Waals surface area contributed by atoms with Gasteiger partial charge < -0.3 is 10.3 Å². The highest BCUT2D eigenvalue weighted by Gasteiger charge is 2.12. The second-order valence-corrected chi connectivity index (χ2v) is 6.90. The van der Waals surface area contributed by atoms with Crippen LogP contribution in [-0.4, -0.2) is 30.2 Å². The molecule has 4 rings (SSSR count). The van der Waals surface area contributed by atoms with Gasteiger partial charge in [0.1, 0.15) is 0 Å². The normalized spacial score (nSPS) is 10.8. The van der Waals surface area contributed by atoms with E-state index in [0.29, 0.717) is 28.8 Å². The SMILES string of the molecule is C=CCn1c(=S)[nH]c2cc(C(=O)NCc3cccnc3-n3cccn3)ccc2c1=O. The highest BCUT2D eigenvalue weighted by molar-refractivity contribution is 7.71. The minimum absolute atomic E-state index is 0.222. The minimum atomic E-state index is -0.276. The number of nitrogens with one attached hydrogen (secondary N) is 2. The molecular weight excluding hydrogens is 400 g/mol. The quantitative estimate of drug-likeness (QED) is 0.371. The van der Waals surface area contributed by atoms with Crippen LogP contribution in [0.15, 0.2) is 72.4 Å². The number of aromatic nitrogens is 5. The van der Waals surface area contributed by atoms with Crippen molar-refractivity contribution in [2.24, 2.45) is 0 Å². The number of nitrogens with zero attached hydrogens (tertiary/aromatic N) is 4. The fourth-order valence-electron chi connectivity index (χ4n) is 3.14. The van der Waals surface area contributed by atoms with Gasteiger partial charge >= 0.3 is 0 Å². The lowest BCUT2D eigenvalue weighted by atomic mass is 10.1. The first-order valence-corrected chi connectivity index (χ1v) is 9.59. The topological polar surface area (TPSA) is 97.6 Å². The van der Waals surface area contributed by atoms with Crippen molar-refractivity contribution in [1.82, 2.24) is 29.6 Å². The number of hydrogen-bond donors (Lipinski definition) is 2. The van der Waals surface area contributed by atoms with E-state index in [9.17, 15) is 9.59 Å². The van der Waals surface area contributed by atoms with Crippen molar-refractivity contribution in [2.45, 2.75) is 13.1 Å². The van der Waals surface area contributed by atoms with Gasteiger partial charge in [0.25, 0.3) is 11.5 Å². The number of fused-ring (bicyclic) bond motifs is 1. The number of carbonyl (C=O) groups is 1. The molecule has 0 atom stereocenters. The van der Waals surface area contributed by atoms with Crippen molar-refractivity contribution in [2.75, 3.05) is 0 Å². The summed E-state index contributed by atoms with van der Waals surface area (Å²) in [4.78, 5) is 32.7. The van der Waals surface area contributed by atoms with Crippen molar-refractivity contribution in [3.63, 3.8) is 0 Å². The number of pyridine rings is 1. The van der Waals surface area contributed by atoms with Gasteiger partial charge in [-0.15, -0.1) is 6.58 Å². The highest BCUT2D eigenvalue weighted by atomic mass is 32.1. The zero-order chi connectivity index (χ0) is 21.1. The third-order valence-electron chi connectivity index (χ3n) is 4.58. The Balaban J connectivity index is 1.59. The van der Waals surface area contributed by atoms with E-state index in [-0.39, 0.29) is 22.8 Å². The Hall–Kier alpha value is -3.85. The van der Waals surface area contributed by atoms with Gasteiger partial charge in [-0.3, -0.25) is 14.2 Å². The first-order valence-electron chi connectivity index (χ1n) is 9.18. The fraction of sp³-hybridized carbons (Fsp3) is 0.0952. The Kier molecular flexibility index (Phi) is 5.36. The average Bonchev–Trinajstić information content (AvgIpc) is 3.29. The summed E-state index contributed by atoms with van der Waals surface area (Å²) < 4.78 is 3.35. The van der Waals surface area contributed by atoms with Crippen LogP contribution in [0.1, 0.15) is 15.9 Å². The van der Waals surface area contributed by atoms with Crippen LogP contribution in [0, 0.1) is 4.77 Å². The Morgan fingerprint density at radius 2 is 2.13 bits per heavy atom. The first-order chi connectivity index (χ1) is 14.6. The van der Waals surface area contributed by atoms with Crippen molar-refractivity contribution >= 4 is 29.0 Å². The maximum Gasteiger partial charge on any atom is 0.262 e. The molecule has 30 heavy (non-hydrogen) atoms. The number of carbonyl (C=O) groups excluding carboxylic acids is 1. The van der Waals surface area contributed by atoms with Gasteiger partial charge in [0.15, 0.2) is 10.6 Å². The van der Waals surface area contributed by atoms with Crippen LogP contribution in [-0.2, 0) is 13.1 Å². The van der Waals surface area contributed by atoms with Crippen LogP contribution >= 0.6 is 12.2 Å². The molecule has 1 amide bonds. The summed E-state index contributed by atoms with van der Waals surface area (Å²) in [6, 6.07) is 10.3. The van der Waals surface area contributed by atoms with Gasteiger partial charge in [0, 0.05) is 42.8 Å². The van der Waals surface area contributed by atoms with Gasteiger partial charge in [-0.05, 0) is 42.5 Å². The molecule has 0 radical (unpaired) electrons. The lowest BCUT2D eigenvalue weighted by Crippen LogP contribution is -2.25.